The molecule has 0 aromatic heterocycles. The molecular formula is C21H25BrN2O5. The fraction of sp³-hybridized carbons (Fsp3) is 0.333. The predicted molar refractivity (Wildman–Crippen MR) is 113 cm³/mol. The molecule has 0 heterocycles. The van der Waals surface area contributed by atoms with Crippen molar-refractivity contribution >= 4 is 27.7 Å². The molecule has 8 heteroatoms. The molecular weight excluding hydrogens is 440 g/mol. The highest BCUT2D eigenvalue weighted by atomic mass is 79.9. The zero-order chi connectivity index (χ0) is 21.6. The molecule has 156 valence electrons. The van der Waals surface area contributed by atoms with Gasteiger partial charge in [-0.1, -0.05) is 36.7 Å². The van der Waals surface area contributed by atoms with Crippen molar-refractivity contribution in [3.8, 4) is 17.2 Å². The van der Waals surface area contributed by atoms with Gasteiger partial charge < -0.3 is 14.2 Å². The Hall–Kier alpha value is -2.74. The lowest BCUT2D eigenvalue weighted by molar-refractivity contribution is -0.123. The average Bonchev–Trinajstić information content (AvgIpc) is 2.69. The maximum Gasteiger partial charge on any atom is 0.276 e. The van der Waals surface area contributed by atoms with E-state index >= 15 is 0 Å². The fourth-order valence-corrected chi connectivity index (χ4v) is 2.93. The normalized spacial score (nSPS) is 10.8. The molecule has 2 amide bonds. The average molecular weight is 465 g/mol. The Kier molecular flexibility index (Phi) is 7.50. The number of ether oxygens (including phenoxy) is 3. The van der Waals surface area contributed by atoms with Crippen LogP contribution in [0.1, 0.15) is 36.7 Å². The second kappa shape index (κ2) is 9.65. The van der Waals surface area contributed by atoms with Gasteiger partial charge in [-0.05, 0) is 41.8 Å². The lowest BCUT2D eigenvalue weighted by atomic mass is 9.86. The van der Waals surface area contributed by atoms with Gasteiger partial charge in [0.15, 0.2) is 18.1 Å². The van der Waals surface area contributed by atoms with E-state index in [9.17, 15) is 9.59 Å². The Morgan fingerprint density at radius 2 is 1.59 bits per heavy atom. The van der Waals surface area contributed by atoms with Crippen molar-refractivity contribution in [2.75, 3.05) is 20.8 Å². The predicted octanol–water partition coefficient (Wildman–Crippen LogP) is 3.60. The summed E-state index contributed by atoms with van der Waals surface area (Å²) in [6.07, 6.45) is 0. The molecule has 0 bridgehead atoms. The maximum atomic E-state index is 12.2. The van der Waals surface area contributed by atoms with Crippen LogP contribution in [-0.4, -0.2) is 32.6 Å². The smallest absolute Gasteiger partial charge is 0.276 e. The first kappa shape index (κ1) is 22.5. The van der Waals surface area contributed by atoms with Crippen LogP contribution >= 0.6 is 15.9 Å². The van der Waals surface area contributed by atoms with Gasteiger partial charge in [0.25, 0.3) is 11.8 Å². The molecule has 0 fully saturated rings. The van der Waals surface area contributed by atoms with Crippen LogP contribution < -0.4 is 25.1 Å². The molecule has 0 aliphatic heterocycles. The molecule has 0 radical (unpaired) electrons. The molecule has 2 aromatic carbocycles. The van der Waals surface area contributed by atoms with Gasteiger partial charge >= 0.3 is 0 Å². The quantitative estimate of drug-likeness (QED) is 0.637. The van der Waals surface area contributed by atoms with Crippen molar-refractivity contribution in [1.82, 2.24) is 10.9 Å². The van der Waals surface area contributed by atoms with Crippen LogP contribution in [0.3, 0.4) is 0 Å². The number of hydrogen-bond donors (Lipinski definition) is 2. The van der Waals surface area contributed by atoms with Crippen LogP contribution in [0.25, 0.3) is 0 Å². The SMILES string of the molecule is COc1ccc(C(=O)NNC(=O)COc2ccc(Br)cc2C(C)(C)C)cc1OC. The summed E-state index contributed by atoms with van der Waals surface area (Å²) in [4.78, 5) is 24.3. The summed E-state index contributed by atoms with van der Waals surface area (Å²) in [6, 6.07) is 10.3. The topological polar surface area (TPSA) is 85.9 Å². The number of carbonyl (C=O) groups excluding carboxylic acids is 2. The van der Waals surface area contributed by atoms with Gasteiger partial charge in [0, 0.05) is 15.6 Å². The molecule has 2 aromatic rings. The summed E-state index contributed by atoms with van der Waals surface area (Å²) >= 11 is 3.45. The van der Waals surface area contributed by atoms with Gasteiger partial charge in [-0.25, -0.2) is 0 Å². The van der Waals surface area contributed by atoms with Crippen LogP contribution in [-0.2, 0) is 10.2 Å². The van der Waals surface area contributed by atoms with Crippen molar-refractivity contribution in [1.29, 1.82) is 0 Å². The number of amides is 2. The summed E-state index contributed by atoms with van der Waals surface area (Å²) in [6.45, 7) is 5.94. The van der Waals surface area contributed by atoms with E-state index in [4.69, 9.17) is 14.2 Å². The van der Waals surface area contributed by atoms with Crippen LogP contribution in [0.5, 0.6) is 17.2 Å². The van der Waals surface area contributed by atoms with Gasteiger partial charge in [-0.2, -0.15) is 0 Å². The molecule has 0 unspecified atom stereocenters. The van der Waals surface area contributed by atoms with Crippen LogP contribution in [0.4, 0.5) is 0 Å². The Balaban J connectivity index is 1.95. The summed E-state index contributed by atoms with van der Waals surface area (Å²) in [5.41, 5.74) is 5.82. The molecule has 0 saturated carbocycles. The number of nitrogens with one attached hydrogen (secondary N) is 2. The minimum absolute atomic E-state index is 0.156. The van der Waals surface area contributed by atoms with E-state index < -0.39 is 11.8 Å². The molecule has 0 atom stereocenters. The molecule has 0 spiro atoms. The van der Waals surface area contributed by atoms with Gasteiger partial charge in [0.2, 0.25) is 0 Å². The molecule has 2 rings (SSSR count). The monoisotopic (exact) mass is 464 g/mol. The second-order valence-electron chi connectivity index (χ2n) is 7.25. The van der Waals surface area contributed by atoms with Crippen LogP contribution in [0.15, 0.2) is 40.9 Å². The zero-order valence-electron chi connectivity index (χ0n) is 17.1. The number of halogens is 1. The summed E-state index contributed by atoms with van der Waals surface area (Å²) in [5, 5.41) is 0. The Labute approximate surface area is 178 Å². The Bertz CT molecular complexity index is 893. The van der Waals surface area contributed by atoms with Gasteiger partial charge in [0.1, 0.15) is 5.75 Å². The summed E-state index contributed by atoms with van der Waals surface area (Å²) < 4.78 is 16.9. The van der Waals surface area contributed by atoms with E-state index in [1.54, 1.807) is 18.2 Å². The highest BCUT2D eigenvalue weighted by molar-refractivity contribution is 9.10. The molecule has 0 aliphatic carbocycles. The van der Waals surface area contributed by atoms with E-state index in [2.05, 4.69) is 47.6 Å². The largest absolute Gasteiger partial charge is 0.493 e. The van der Waals surface area contributed by atoms with Crippen molar-refractivity contribution in [2.45, 2.75) is 26.2 Å². The molecule has 29 heavy (non-hydrogen) atoms. The van der Waals surface area contributed by atoms with E-state index in [-0.39, 0.29) is 12.0 Å². The lowest BCUT2D eigenvalue weighted by Crippen LogP contribution is -2.43. The first-order valence-corrected chi connectivity index (χ1v) is 9.69. The number of carbonyl (C=O) groups is 2. The molecule has 7 nitrogen and oxygen atoms in total. The lowest BCUT2D eigenvalue weighted by Gasteiger charge is -2.23. The highest BCUT2D eigenvalue weighted by Crippen LogP contribution is 2.33. The summed E-state index contributed by atoms with van der Waals surface area (Å²) in [5.74, 6) is 0.562. The van der Waals surface area contributed by atoms with Crippen molar-refractivity contribution in [3.63, 3.8) is 0 Å². The third-order valence-electron chi connectivity index (χ3n) is 4.07. The summed E-state index contributed by atoms with van der Waals surface area (Å²) in [7, 11) is 2.99. The third kappa shape index (κ3) is 6.12. The number of hydrazine groups is 1. The van der Waals surface area contributed by atoms with Gasteiger partial charge in [-0.15, -0.1) is 0 Å². The van der Waals surface area contributed by atoms with E-state index in [0.29, 0.717) is 22.8 Å². The minimum atomic E-state index is -0.488. The van der Waals surface area contributed by atoms with Crippen LogP contribution in [0.2, 0.25) is 0 Å². The van der Waals surface area contributed by atoms with E-state index in [1.165, 1.54) is 20.3 Å². The highest BCUT2D eigenvalue weighted by Gasteiger charge is 2.20. The number of methoxy groups -OCH3 is 2. The first-order chi connectivity index (χ1) is 13.7. The minimum Gasteiger partial charge on any atom is -0.493 e. The number of rotatable bonds is 6. The van der Waals surface area contributed by atoms with Crippen molar-refractivity contribution in [2.24, 2.45) is 0 Å². The second-order valence-corrected chi connectivity index (χ2v) is 8.17. The Morgan fingerprint density at radius 1 is 0.931 bits per heavy atom. The first-order valence-electron chi connectivity index (χ1n) is 8.89. The standard InChI is InChI=1S/C21H25BrN2O5/c1-21(2,3)15-11-14(22)7-9-16(15)29-12-19(25)23-24-20(26)13-6-8-17(27-4)18(10-13)28-5/h6-11H,12H2,1-5H3,(H,23,25)(H,24,26). The number of hydrogen-bond acceptors (Lipinski definition) is 5. The van der Waals surface area contributed by atoms with Gasteiger partial charge in [-0.3, -0.25) is 20.4 Å². The van der Waals surface area contributed by atoms with E-state index in [1.807, 2.05) is 12.1 Å². The van der Waals surface area contributed by atoms with Gasteiger partial charge in [0.05, 0.1) is 14.2 Å². The third-order valence-corrected chi connectivity index (χ3v) is 4.56. The van der Waals surface area contributed by atoms with Crippen LogP contribution in [0, 0.1) is 0 Å². The maximum absolute atomic E-state index is 12.2. The molecule has 0 aliphatic rings. The Morgan fingerprint density at radius 3 is 2.21 bits per heavy atom. The molecule has 0 saturated heterocycles. The van der Waals surface area contributed by atoms with E-state index in [0.717, 1.165) is 10.0 Å². The zero-order valence-corrected chi connectivity index (χ0v) is 18.7. The fourth-order valence-electron chi connectivity index (χ4n) is 2.57. The van der Waals surface area contributed by atoms with Crippen molar-refractivity contribution in [3.05, 3.63) is 52.0 Å². The number of benzene rings is 2. The van der Waals surface area contributed by atoms with Crippen molar-refractivity contribution < 1.29 is 23.8 Å². The molecule has 2 N–H and O–H groups in total.